The van der Waals surface area contributed by atoms with Gasteiger partial charge >= 0.3 is 0 Å². The van der Waals surface area contributed by atoms with Crippen LogP contribution in [0.5, 0.6) is 5.88 Å². The third-order valence-corrected chi connectivity index (χ3v) is 1.68. The molecule has 1 rings (SSSR count). The molecule has 0 aromatic carbocycles. The Morgan fingerprint density at radius 1 is 1.50 bits per heavy atom. The van der Waals surface area contributed by atoms with E-state index in [4.69, 9.17) is 4.74 Å². The second-order valence-electron chi connectivity index (χ2n) is 3.20. The first kappa shape index (κ1) is 10.7. The SMILES string of the molecule is CN(C)CCOc1ccc(C=O)cn1. The van der Waals surface area contributed by atoms with E-state index in [1.807, 2.05) is 19.0 Å². The summed E-state index contributed by atoms with van der Waals surface area (Å²) in [5.74, 6) is 0.553. The van der Waals surface area contributed by atoms with Gasteiger partial charge in [-0.15, -0.1) is 0 Å². The minimum Gasteiger partial charge on any atom is -0.476 e. The minimum atomic E-state index is 0.553. The average molecular weight is 194 g/mol. The molecule has 0 amide bonds. The molecule has 0 saturated heterocycles. The summed E-state index contributed by atoms with van der Waals surface area (Å²) in [4.78, 5) is 16.3. The standard InChI is InChI=1S/C10H14N2O2/c1-12(2)5-6-14-10-4-3-9(8-13)7-11-10/h3-4,7-8H,5-6H2,1-2H3. The van der Waals surface area contributed by atoms with Gasteiger partial charge in [0.25, 0.3) is 0 Å². The summed E-state index contributed by atoms with van der Waals surface area (Å²) in [5.41, 5.74) is 0.560. The molecular formula is C10H14N2O2. The Bertz CT molecular complexity index is 283. The highest BCUT2D eigenvalue weighted by Crippen LogP contribution is 2.05. The molecule has 1 aromatic rings. The Hall–Kier alpha value is -1.42. The van der Waals surface area contributed by atoms with Gasteiger partial charge in [-0.05, 0) is 20.2 Å². The third kappa shape index (κ3) is 3.53. The van der Waals surface area contributed by atoms with Crippen LogP contribution in [0.2, 0.25) is 0 Å². The van der Waals surface area contributed by atoms with Crippen molar-refractivity contribution in [2.45, 2.75) is 0 Å². The highest BCUT2D eigenvalue weighted by atomic mass is 16.5. The zero-order valence-electron chi connectivity index (χ0n) is 8.43. The molecule has 14 heavy (non-hydrogen) atoms. The van der Waals surface area contributed by atoms with Gasteiger partial charge in [-0.3, -0.25) is 4.79 Å². The summed E-state index contributed by atoms with van der Waals surface area (Å²) in [5, 5.41) is 0. The van der Waals surface area contributed by atoms with Crippen LogP contribution in [-0.2, 0) is 0 Å². The largest absolute Gasteiger partial charge is 0.476 e. The number of aromatic nitrogens is 1. The second kappa shape index (κ2) is 5.34. The van der Waals surface area contributed by atoms with Crippen LogP contribution in [0.1, 0.15) is 10.4 Å². The lowest BCUT2D eigenvalue weighted by atomic mass is 10.3. The van der Waals surface area contributed by atoms with E-state index < -0.39 is 0 Å². The van der Waals surface area contributed by atoms with Crippen LogP contribution >= 0.6 is 0 Å². The molecule has 0 aliphatic rings. The summed E-state index contributed by atoms with van der Waals surface area (Å²) >= 11 is 0. The Balaban J connectivity index is 2.40. The molecule has 0 atom stereocenters. The van der Waals surface area contributed by atoms with Gasteiger partial charge in [-0.25, -0.2) is 4.98 Å². The van der Waals surface area contributed by atoms with Gasteiger partial charge in [0.1, 0.15) is 6.61 Å². The first-order chi connectivity index (χ1) is 6.72. The van der Waals surface area contributed by atoms with E-state index in [2.05, 4.69) is 4.98 Å². The number of hydrogen-bond donors (Lipinski definition) is 0. The fourth-order valence-electron chi connectivity index (χ4n) is 0.880. The van der Waals surface area contributed by atoms with Gasteiger partial charge in [-0.1, -0.05) is 0 Å². The smallest absolute Gasteiger partial charge is 0.213 e. The predicted molar refractivity (Wildman–Crippen MR) is 53.7 cm³/mol. The van der Waals surface area contributed by atoms with E-state index >= 15 is 0 Å². The molecular weight excluding hydrogens is 180 g/mol. The number of rotatable bonds is 5. The van der Waals surface area contributed by atoms with Crippen LogP contribution in [0, 0.1) is 0 Å². The van der Waals surface area contributed by atoms with Crippen LogP contribution in [0.4, 0.5) is 0 Å². The maximum atomic E-state index is 10.3. The molecule has 0 aliphatic carbocycles. The molecule has 4 heteroatoms. The molecule has 1 heterocycles. The lowest BCUT2D eigenvalue weighted by Crippen LogP contribution is -2.19. The Labute approximate surface area is 83.5 Å². The van der Waals surface area contributed by atoms with Crippen molar-refractivity contribution in [2.75, 3.05) is 27.2 Å². The van der Waals surface area contributed by atoms with Crippen LogP contribution in [-0.4, -0.2) is 43.4 Å². The van der Waals surface area contributed by atoms with Crippen LogP contribution in [0.25, 0.3) is 0 Å². The molecule has 4 nitrogen and oxygen atoms in total. The Kier molecular flexibility index (Phi) is 4.07. The average Bonchev–Trinajstić information content (AvgIpc) is 2.18. The van der Waals surface area contributed by atoms with Crippen molar-refractivity contribution in [2.24, 2.45) is 0 Å². The van der Waals surface area contributed by atoms with E-state index in [0.29, 0.717) is 18.1 Å². The van der Waals surface area contributed by atoms with E-state index in [1.54, 1.807) is 12.1 Å². The highest BCUT2D eigenvalue weighted by Gasteiger charge is 1.96. The van der Waals surface area contributed by atoms with Crippen molar-refractivity contribution >= 4 is 6.29 Å². The number of likely N-dealkylation sites (N-methyl/N-ethyl adjacent to an activating group) is 1. The van der Waals surface area contributed by atoms with Gasteiger partial charge in [0.2, 0.25) is 5.88 Å². The molecule has 0 fully saturated rings. The number of aldehydes is 1. The van der Waals surface area contributed by atoms with Crippen molar-refractivity contribution in [1.29, 1.82) is 0 Å². The Morgan fingerprint density at radius 2 is 2.29 bits per heavy atom. The van der Waals surface area contributed by atoms with Crippen molar-refractivity contribution in [3.05, 3.63) is 23.9 Å². The van der Waals surface area contributed by atoms with Crippen LogP contribution in [0.3, 0.4) is 0 Å². The first-order valence-corrected chi connectivity index (χ1v) is 4.41. The van der Waals surface area contributed by atoms with Gasteiger partial charge < -0.3 is 9.64 Å². The lowest BCUT2D eigenvalue weighted by Gasteiger charge is -2.09. The minimum absolute atomic E-state index is 0.553. The fourth-order valence-corrected chi connectivity index (χ4v) is 0.880. The summed E-state index contributed by atoms with van der Waals surface area (Å²) in [6.07, 6.45) is 2.26. The van der Waals surface area contributed by atoms with Crippen molar-refractivity contribution in [3.63, 3.8) is 0 Å². The van der Waals surface area contributed by atoms with Gasteiger partial charge in [0.05, 0.1) is 0 Å². The molecule has 76 valence electrons. The zero-order valence-corrected chi connectivity index (χ0v) is 8.43. The molecule has 0 radical (unpaired) electrons. The zero-order chi connectivity index (χ0) is 10.4. The third-order valence-electron chi connectivity index (χ3n) is 1.68. The highest BCUT2D eigenvalue weighted by molar-refractivity contribution is 5.73. The molecule has 0 unspecified atom stereocenters. The second-order valence-corrected chi connectivity index (χ2v) is 3.20. The van der Waals surface area contributed by atoms with Gasteiger partial charge in [0, 0.05) is 24.4 Å². The summed E-state index contributed by atoms with van der Waals surface area (Å²) in [6, 6.07) is 3.38. The first-order valence-electron chi connectivity index (χ1n) is 4.41. The van der Waals surface area contributed by atoms with Crippen LogP contribution < -0.4 is 4.74 Å². The van der Waals surface area contributed by atoms with Crippen molar-refractivity contribution in [3.8, 4) is 5.88 Å². The molecule has 0 N–H and O–H groups in total. The molecule has 0 aliphatic heterocycles. The normalized spacial score (nSPS) is 10.2. The van der Waals surface area contributed by atoms with E-state index in [9.17, 15) is 4.79 Å². The summed E-state index contributed by atoms with van der Waals surface area (Å²) in [6.45, 7) is 1.44. The topological polar surface area (TPSA) is 42.4 Å². The number of hydrogen-bond acceptors (Lipinski definition) is 4. The molecule has 1 aromatic heterocycles. The number of carbonyl (C=O) groups is 1. The van der Waals surface area contributed by atoms with Crippen molar-refractivity contribution < 1.29 is 9.53 Å². The molecule has 0 saturated carbocycles. The summed E-state index contributed by atoms with van der Waals surface area (Å²) in [7, 11) is 3.96. The quantitative estimate of drug-likeness (QED) is 0.651. The van der Waals surface area contributed by atoms with Gasteiger partial charge in [0.15, 0.2) is 6.29 Å². The molecule has 0 bridgehead atoms. The van der Waals surface area contributed by atoms with E-state index in [1.165, 1.54) is 6.20 Å². The maximum absolute atomic E-state index is 10.3. The van der Waals surface area contributed by atoms with E-state index in [0.717, 1.165) is 12.8 Å². The fraction of sp³-hybridized carbons (Fsp3) is 0.400. The monoisotopic (exact) mass is 194 g/mol. The number of nitrogens with zero attached hydrogens (tertiary/aromatic N) is 2. The van der Waals surface area contributed by atoms with Crippen LogP contribution in [0.15, 0.2) is 18.3 Å². The summed E-state index contributed by atoms with van der Waals surface area (Å²) < 4.78 is 5.35. The lowest BCUT2D eigenvalue weighted by molar-refractivity contribution is 0.112. The number of pyridine rings is 1. The molecule has 0 spiro atoms. The van der Waals surface area contributed by atoms with Crippen molar-refractivity contribution in [1.82, 2.24) is 9.88 Å². The Morgan fingerprint density at radius 3 is 2.79 bits per heavy atom. The van der Waals surface area contributed by atoms with E-state index in [-0.39, 0.29) is 0 Å². The van der Waals surface area contributed by atoms with Gasteiger partial charge in [-0.2, -0.15) is 0 Å². The number of carbonyl (C=O) groups excluding carboxylic acids is 1. The predicted octanol–water partition coefficient (Wildman–Crippen LogP) is 0.834. The number of ether oxygens (including phenoxy) is 1. The maximum Gasteiger partial charge on any atom is 0.213 e.